The number of alkyl halides is 3. The Balaban J connectivity index is 2.67. The Morgan fingerprint density at radius 1 is 1.46 bits per heavy atom. The van der Waals surface area contributed by atoms with Crippen molar-refractivity contribution in [2.24, 2.45) is 11.8 Å². The molecule has 0 aromatic heterocycles. The zero-order valence-corrected chi connectivity index (χ0v) is 7.06. The monoisotopic (exact) mass is 189 g/mol. The van der Waals surface area contributed by atoms with E-state index in [-0.39, 0.29) is 12.8 Å². The number of rotatable bonds is 0. The first-order valence-electron chi connectivity index (χ1n) is 4.09. The molecule has 0 heterocycles. The molecule has 2 atom stereocenters. The fraction of sp³-hybridized carbons (Fsp3) is 0.667. The number of allylic oxidation sites excluding steroid dienone is 1. The van der Waals surface area contributed by atoms with Gasteiger partial charge >= 0.3 is 6.18 Å². The van der Waals surface area contributed by atoms with Crippen LogP contribution in [0.1, 0.15) is 19.3 Å². The van der Waals surface area contributed by atoms with Crippen LogP contribution in [0.15, 0.2) is 12.2 Å². The molecular weight excluding hydrogens is 179 g/mol. The lowest BCUT2D eigenvalue weighted by Gasteiger charge is -2.28. The van der Waals surface area contributed by atoms with Crippen LogP contribution in [0, 0.1) is 23.2 Å². The molecule has 2 unspecified atom stereocenters. The summed E-state index contributed by atoms with van der Waals surface area (Å²) in [6, 6.07) is 1.86. The van der Waals surface area contributed by atoms with Gasteiger partial charge in [-0.25, -0.2) is 0 Å². The average Bonchev–Trinajstić information content (AvgIpc) is 2.03. The number of hydrogen-bond donors (Lipinski definition) is 0. The summed E-state index contributed by atoms with van der Waals surface area (Å²) in [5.41, 5.74) is 0.642. The van der Waals surface area contributed by atoms with Crippen molar-refractivity contribution in [1.29, 1.82) is 5.26 Å². The zero-order valence-electron chi connectivity index (χ0n) is 7.06. The topological polar surface area (TPSA) is 23.8 Å². The van der Waals surface area contributed by atoms with Gasteiger partial charge < -0.3 is 0 Å². The second-order valence-electron chi connectivity index (χ2n) is 3.35. The SMILES string of the molecule is C=C1CCC(C(F)(F)F)CC1C#N. The van der Waals surface area contributed by atoms with Crippen LogP contribution in [0.5, 0.6) is 0 Å². The lowest BCUT2D eigenvalue weighted by Crippen LogP contribution is -2.29. The highest BCUT2D eigenvalue weighted by atomic mass is 19.4. The smallest absolute Gasteiger partial charge is 0.198 e. The van der Waals surface area contributed by atoms with E-state index in [1.54, 1.807) is 0 Å². The molecule has 0 bridgehead atoms. The summed E-state index contributed by atoms with van der Waals surface area (Å²) >= 11 is 0. The molecule has 72 valence electrons. The summed E-state index contributed by atoms with van der Waals surface area (Å²) in [5, 5.41) is 8.57. The van der Waals surface area contributed by atoms with Crippen molar-refractivity contribution in [2.75, 3.05) is 0 Å². The largest absolute Gasteiger partial charge is 0.391 e. The molecule has 0 spiro atoms. The Kier molecular flexibility index (Phi) is 2.65. The molecule has 1 saturated carbocycles. The molecule has 1 nitrogen and oxygen atoms in total. The fourth-order valence-electron chi connectivity index (χ4n) is 1.54. The lowest BCUT2D eigenvalue weighted by atomic mass is 9.79. The molecule has 1 rings (SSSR count). The highest BCUT2D eigenvalue weighted by Crippen LogP contribution is 2.41. The molecule has 0 radical (unpaired) electrons. The van der Waals surface area contributed by atoms with Gasteiger partial charge in [0.05, 0.1) is 17.9 Å². The van der Waals surface area contributed by atoms with Crippen molar-refractivity contribution in [1.82, 2.24) is 0 Å². The first kappa shape index (κ1) is 10.1. The maximum atomic E-state index is 12.2. The average molecular weight is 189 g/mol. The quantitative estimate of drug-likeness (QED) is 0.537. The first-order chi connectivity index (χ1) is 5.95. The first-order valence-corrected chi connectivity index (χ1v) is 4.09. The van der Waals surface area contributed by atoms with Gasteiger partial charge in [-0.05, 0) is 19.3 Å². The minimum Gasteiger partial charge on any atom is -0.198 e. The van der Waals surface area contributed by atoms with Gasteiger partial charge in [0.25, 0.3) is 0 Å². The van der Waals surface area contributed by atoms with Gasteiger partial charge in [-0.3, -0.25) is 0 Å². The van der Waals surface area contributed by atoms with E-state index < -0.39 is 18.0 Å². The van der Waals surface area contributed by atoms with Gasteiger partial charge in [0.15, 0.2) is 0 Å². The van der Waals surface area contributed by atoms with E-state index in [1.807, 2.05) is 6.07 Å². The molecule has 1 aliphatic carbocycles. The molecule has 4 heteroatoms. The third kappa shape index (κ3) is 2.24. The number of nitrogens with zero attached hydrogens (tertiary/aromatic N) is 1. The van der Waals surface area contributed by atoms with E-state index in [9.17, 15) is 13.2 Å². The van der Waals surface area contributed by atoms with Crippen LogP contribution < -0.4 is 0 Å². The van der Waals surface area contributed by atoms with Gasteiger partial charge in [-0.2, -0.15) is 18.4 Å². The van der Waals surface area contributed by atoms with Crippen molar-refractivity contribution < 1.29 is 13.2 Å². The lowest BCUT2D eigenvalue weighted by molar-refractivity contribution is -0.181. The Morgan fingerprint density at radius 3 is 2.54 bits per heavy atom. The molecule has 0 aromatic rings. The van der Waals surface area contributed by atoms with E-state index in [0.717, 1.165) is 0 Å². The molecular formula is C9H10F3N. The predicted molar refractivity (Wildman–Crippen MR) is 41.6 cm³/mol. The molecule has 0 aromatic carbocycles. The Labute approximate surface area is 74.9 Å². The van der Waals surface area contributed by atoms with Crippen LogP contribution in [0.2, 0.25) is 0 Å². The van der Waals surface area contributed by atoms with Gasteiger partial charge in [0.2, 0.25) is 0 Å². The second kappa shape index (κ2) is 3.41. The number of hydrogen-bond acceptors (Lipinski definition) is 1. The predicted octanol–water partition coefficient (Wildman–Crippen LogP) is 3.04. The number of nitriles is 1. The van der Waals surface area contributed by atoms with Gasteiger partial charge in [-0.1, -0.05) is 12.2 Å². The van der Waals surface area contributed by atoms with Crippen molar-refractivity contribution in [2.45, 2.75) is 25.4 Å². The molecule has 0 saturated heterocycles. The summed E-state index contributed by atoms with van der Waals surface area (Å²) in [6.45, 7) is 3.59. The van der Waals surface area contributed by atoms with E-state index in [0.29, 0.717) is 12.0 Å². The molecule has 1 aliphatic rings. The second-order valence-corrected chi connectivity index (χ2v) is 3.35. The maximum absolute atomic E-state index is 12.2. The Morgan fingerprint density at radius 2 is 2.08 bits per heavy atom. The minimum absolute atomic E-state index is 0.0838. The molecule has 0 amide bonds. The van der Waals surface area contributed by atoms with E-state index in [2.05, 4.69) is 6.58 Å². The summed E-state index contributed by atoms with van der Waals surface area (Å²) in [4.78, 5) is 0. The van der Waals surface area contributed by atoms with Crippen molar-refractivity contribution in [3.8, 4) is 6.07 Å². The van der Waals surface area contributed by atoms with Crippen LogP contribution >= 0.6 is 0 Å². The molecule has 13 heavy (non-hydrogen) atoms. The fourth-order valence-corrected chi connectivity index (χ4v) is 1.54. The standard InChI is InChI=1S/C9H10F3N/c1-6-2-3-8(9(10,11)12)4-7(6)5-13/h7-8H,1-4H2. The summed E-state index contributed by atoms with van der Waals surface area (Å²) in [7, 11) is 0. The van der Waals surface area contributed by atoms with Crippen molar-refractivity contribution >= 4 is 0 Å². The van der Waals surface area contributed by atoms with E-state index in [1.165, 1.54) is 0 Å². The van der Waals surface area contributed by atoms with Gasteiger partial charge in [-0.15, -0.1) is 0 Å². The molecule has 1 fully saturated rings. The Hall–Kier alpha value is -0.980. The third-order valence-corrected chi connectivity index (χ3v) is 2.45. The maximum Gasteiger partial charge on any atom is 0.391 e. The summed E-state index contributed by atoms with van der Waals surface area (Å²) in [5.74, 6) is -1.93. The van der Waals surface area contributed by atoms with Crippen LogP contribution in [0.4, 0.5) is 13.2 Å². The third-order valence-electron chi connectivity index (χ3n) is 2.45. The van der Waals surface area contributed by atoms with E-state index in [4.69, 9.17) is 5.26 Å². The highest BCUT2D eigenvalue weighted by molar-refractivity contribution is 5.13. The molecule has 0 aliphatic heterocycles. The minimum atomic E-state index is -4.16. The zero-order chi connectivity index (χ0) is 10.1. The van der Waals surface area contributed by atoms with Crippen LogP contribution in [0.25, 0.3) is 0 Å². The van der Waals surface area contributed by atoms with Gasteiger partial charge in [0, 0.05) is 0 Å². The number of halogens is 3. The summed E-state index contributed by atoms with van der Waals surface area (Å²) in [6.07, 6.45) is -3.86. The van der Waals surface area contributed by atoms with Crippen molar-refractivity contribution in [3.05, 3.63) is 12.2 Å². The Bertz CT molecular complexity index is 249. The van der Waals surface area contributed by atoms with Crippen LogP contribution in [-0.2, 0) is 0 Å². The highest BCUT2D eigenvalue weighted by Gasteiger charge is 2.43. The van der Waals surface area contributed by atoms with Gasteiger partial charge in [0.1, 0.15) is 0 Å². The molecule has 0 N–H and O–H groups in total. The summed E-state index contributed by atoms with van der Waals surface area (Å²) < 4.78 is 36.7. The normalized spacial score (nSPS) is 29.8. The van der Waals surface area contributed by atoms with Crippen LogP contribution in [-0.4, -0.2) is 6.18 Å². The van der Waals surface area contributed by atoms with Crippen LogP contribution in [0.3, 0.4) is 0 Å². The van der Waals surface area contributed by atoms with E-state index >= 15 is 0 Å². The van der Waals surface area contributed by atoms with Crippen molar-refractivity contribution in [3.63, 3.8) is 0 Å².